The van der Waals surface area contributed by atoms with Gasteiger partial charge in [0.25, 0.3) is 0 Å². The summed E-state index contributed by atoms with van der Waals surface area (Å²) in [7, 11) is 1.37. The van der Waals surface area contributed by atoms with E-state index >= 15 is 0 Å². The Kier molecular flexibility index (Phi) is 4.52. The third kappa shape index (κ3) is 4.87. The Hall–Kier alpha value is -1.55. The van der Waals surface area contributed by atoms with Gasteiger partial charge in [-0.15, -0.1) is 0 Å². The number of carbonyl (C=O) groups is 1. The third-order valence-corrected chi connectivity index (χ3v) is 2.40. The molecular weight excluding hydrogens is 216 g/mol. The second kappa shape index (κ2) is 5.68. The van der Waals surface area contributed by atoms with E-state index in [1.165, 1.54) is 7.11 Å². The number of ether oxygens (including phenoxy) is 1. The monoisotopic (exact) mass is 236 g/mol. The lowest BCUT2D eigenvalue weighted by molar-refractivity contribution is 0.0601. The summed E-state index contributed by atoms with van der Waals surface area (Å²) < 4.78 is 4.63. The van der Waals surface area contributed by atoms with Gasteiger partial charge < -0.3 is 15.8 Å². The minimum atomic E-state index is -0.320. The van der Waals surface area contributed by atoms with Gasteiger partial charge in [0.15, 0.2) is 0 Å². The number of hydrogen-bond donors (Lipinski definition) is 2. The van der Waals surface area contributed by atoms with Crippen molar-refractivity contribution in [2.75, 3.05) is 19.0 Å². The van der Waals surface area contributed by atoms with Crippen LogP contribution in [0.1, 0.15) is 30.6 Å². The molecule has 0 saturated heterocycles. The maximum atomic E-state index is 11.2. The van der Waals surface area contributed by atoms with Crippen LogP contribution in [0.5, 0.6) is 0 Å². The molecule has 3 N–H and O–H groups in total. The van der Waals surface area contributed by atoms with Crippen LogP contribution < -0.4 is 11.1 Å². The molecule has 0 aliphatic carbocycles. The first kappa shape index (κ1) is 13.5. The number of nitrogens with one attached hydrogen (secondary N) is 1. The van der Waals surface area contributed by atoms with Crippen molar-refractivity contribution in [2.24, 2.45) is 5.73 Å². The molecule has 0 saturated carbocycles. The molecular formula is C13H20N2O2. The molecule has 1 aromatic rings. The first-order chi connectivity index (χ1) is 7.92. The fourth-order valence-electron chi connectivity index (χ4n) is 1.37. The zero-order valence-electron chi connectivity index (χ0n) is 10.6. The molecule has 1 rings (SSSR count). The Morgan fingerprint density at radius 3 is 2.41 bits per heavy atom. The van der Waals surface area contributed by atoms with E-state index in [9.17, 15) is 4.79 Å². The van der Waals surface area contributed by atoms with Crippen LogP contribution in [0, 0.1) is 0 Å². The van der Waals surface area contributed by atoms with Crippen molar-refractivity contribution in [2.45, 2.75) is 25.8 Å². The minimum absolute atomic E-state index is 0.168. The van der Waals surface area contributed by atoms with E-state index < -0.39 is 0 Å². The highest BCUT2D eigenvalue weighted by Gasteiger charge is 2.09. The van der Waals surface area contributed by atoms with Crippen LogP contribution in [0.3, 0.4) is 0 Å². The quantitative estimate of drug-likeness (QED) is 0.768. The van der Waals surface area contributed by atoms with Crippen molar-refractivity contribution in [3.05, 3.63) is 29.8 Å². The van der Waals surface area contributed by atoms with E-state index in [0.29, 0.717) is 5.56 Å². The van der Waals surface area contributed by atoms with Crippen molar-refractivity contribution in [3.63, 3.8) is 0 Å². The van der Waals surface area contributed by atoms with Crippen molar-refractivity contribution >= 4 is 11.7 Å². The molecule has 0 radical (unpaired) electrons. The fourth-order valence-corrected chi connectivity index (χ4v) is 1.37. The second-order valence-electron chi connectivity index (χ2n) is 4.73. The first-order valence-electron chi connectivity index (χ1n) is 5.63. The molecule has 0 bridgehead atoms. The SMILES string of the molecule is COC(=O)c1ccc(NCCC(C)(C)N)cc1. The minimum Gasteiger partial charge on any atom is -0.465 e. The van der Waals surface area contributed by atoms with E-state index in [2.05, 4.69) is 10.1 Å². The summed E-state index contributed by atoms with van der Waals surface area (Å²) in [5.41, 5.74) is 7.24. The van der Waals surface area contributed by atoms with Crippen LogP contribution >= 0.6 is 0 Å². The molecule has 0 atom stereocenters. The topological polar surface area (TPSA) is 64.3 Å². The van der Waals surface area contributed by atoms with E-state index in [-0.39, 0.29) is 11.5 Å². The molecule has 1 aromatic carbocycles. The number of carbonyl (C=O) groups excluding carboxylic acids is 1. The average Bonchev–Trinajstić information content (AvgIpc) is 2.27. The maximum Gasteiger partial charge on any atom is 0.337 e. The summed E-state index contributed by atoms with van der Waals surface area (Å²) in [5.74, 6) is -0.320. The number of rotatable bonds is 5. The zero-order valence-corrected chi connectivity index (χ0v) is 10.6. The highest BCUT2D eigenvalue weighted by atomic mass is 16.5. The standard InChI is InChI=1S/C13H20N2O2/c1-13(2,14)8-9-15-11-6-4-10(5-7-11)12(16)17-3/h4-7,15H,8-9,14H2,1-3H3. The van der Waals surface area contributed by atoms with Crippen molar-refractivity contribution in [3.8, 4) is 0 Å². The van der Waals surface area contributed by atoms with E-state index in [1.807, 2.05) is 26.0 Å². The van der Waals surface area contributed by atoms with Gasteiger partial charge in [0.1, 0.15) is 0 Å². The Morgan fingerprint density at radius 2 is 1.94 bits per heavy atom. The largest absolute Gasteiger partial charge is 0.465 e. The number of methoxy groups -OCH3 is 1. The van der Waals surface area contributed by atoms with Crippen LogP contribution in [-0.2, 0) is 4.74 Å². The number of hydrogen-bond acceptors (Lipinski definition) is 4. The smallest absolute Gasteiger partial charge is 0.337 e. The molecule has 0 aliphatic rings. The van der Waals surface area contributed by atoms with Gasteiger partial charge in [0.05, 0.1) is 12.7 Å². The van der Waals surface area contributed by atoms with Gasteiger partial charge in [-0.1, -0.05) is 0 Å². The molecule has 0 spiro atoms. The zero-order chi connectivity index (χ0) is 12.9. The average molecular weight is 236 g/mol. The van der Waals surface area contributed by atoms with Crippen molar-refractivity contribution in [1.29, 1.82) is 0 Å². The Balaban J connectivity index is 2.49. The molecule has 0 aliphatic heterocycles. The van der Waals surface area contributed by atoms with Crippen molar-refractivity contribution < 1.29 is 9.53 Å². The van der Waals surface area contributed by atoms with E-state index in [0.717, 1.165) is 18.7 Å². The van der Waals surface area contributed by atoms with Gasteiger partial charge in [0, 0.05) is 17.8 Å². The maximum absolute atomic E-state index is 11.2. The molecule has 0 fully saturated rings. The van der Waals surface area contributed by atoms with Gasteiger partial charge in [-0.05, 0) is 44.5 Å². The summed E-state index contributed by atoms with van der Waals surface area (Å²) in [6.45, 7) is 4.80. The predicted molar refractivity (Wildman–Crippen MR) is 69.2 cm³/mol. The van der Waals surface area contributed by atoms with Crippen LogP contribution in [0.4, 0.5) is 5.69 Å². The number of anilines is 1. The Labute approximate surface area is 102 Å². The molecule has 0 aromatic heterocycles. The normalized spacial score (nSPS) is 11.1. The summed E-state index contributed by atoms with van der Waals surface area (Å²) in [5, 5.41) is 3.25. The third-order valence-electron chi connectivity index (χ3n) is 2.40. The van der Waals surface area contributed by atoms with Crippen molar-refractivity contribution in [1.82, 2.24) is 0 Å². The molecule has 0 heterocycles. The molecule has 17 heavy (non-hydrogen) atoms. The van der Waals surface area contributed by atoms with Gasteiger partial charge in [-0.25, -0.2) is 4.79 Å². The first-order valence-corrected chi connectivity index (χ1v) is 5.63. The van der Waals surface area contributed by atoms with Crippen LogP contribution in [0.25, 0.3) is 0 Å². The van der Waals surface area contributed by atoms with Crippen LogP contribution in [0.15, 0.2) is 24.3 Å². The van der Waals surface area contributed by atoms with E-state index in [1.54, 1.807) is 12.1 Å². The summed E-state index contributed by atoms with van der Waals surface area (Å²) >= 11 is 0. The lowest BCUT2D eigenvalue weighted by atomic mass is 10.0. The van der Waals surface area contributed by atoms with E-state index in [4.69, 9.17) is 5.73 Å². The number of benzene rings is 1. The Bertz CT molecular complexity index is 366. The van der Waals surface area contributed by atoms with Gasteiger partial charge in [0.2, 0.25) is 0 Å². The lowest BCUT2D eigenvalue weighted by Gasteiger charge is -2.18. The van der Waals surface area contributed by atoms with Gasteiger partial charge in [-0.3, -0.25) is 0 Å². The summed E-state index contributed by atoms with van der Waals surface area (Å²) in [6.07, 6.45) is 0.881. The molecule has 0 unspecified atom stereocenters. The van der Waals surface area contributed by atoms with Gasteiger partial charge in [-0.2, -0.15) is 0 Å². The summed E-state index contributed by atoms with van der Waals surface area (Å²) in [6, 6.07) is 7.19. The highest BCUT2D eigenvalue weighted by Crippen LogP contribution is 2.11. The molecule has 0 amide bonds. The number of nitrogens with two attached hydrogens (primary N) is 1. The molecule has 4 heteroatoms. The fraction of sp³-hybridized carbons (Fsp3) is 0.462. The predicted octanol–water partition coefficient (Wildman–Crippen LogP) is 2.01. The van der Waals surface area contributed by atoms with Crippen LogP contribution in [-0.4, -0.2) is 25.2 Å². The second-order valence-corrected chi connectivity index (χ2v) is 4.73. The van der Waals surface area contributed by atoms with Crippen LogP contribution in [0.2, 0.25) is 0 Å². The molecule has 4 nitrogen and oxygen atoms in total. The van der Waals surface area contributed by atoms with Gasteiger partial charge >= 0.3 is 5.97 Å². The molecule has 94 valence electrons. The highest BCUT2D eigenvalue weighted by molar-refractivity contribution is 5.89. The number of esters is 1. The Morgan fingerprint density at radius 1 is 1.35 bits per heavy atom. The summed E-state index contributed by atoms with van der Waals surface area (Å²) in [4.78, 5) is 11.2. The lowest BCUT2D eigenvalue weighted by Crippen LogP contribution is -2.34.